The molecule has 1 aromatic rings. The van der Waals surface area contributed by atoms with Crippen LogP contribution in [-0.2, 0) is 9.53 Å². The van der Waals surface area contributed by atoms with E-state index >= 15 is 0 Å². The summed E-state index contributed by atoms with van der Waals surface area (Å²) in [5.74, 6) is 0.263. The molecule has 1 unspecified atom stereocenters. The van der Waals surface area contributed by atoms with Gasteiger partial charge in [0.15, 0.2) is 17.6 Å². The Bertz CT molecular complexity index is 610. The molecule has 0 aliphatic heterocycles. The Morgan fingerprint density at radius 1 is 1.08 bits per heavy atom. The number of carbonyl (C=O) groups excluding carboxylic acids is 2. The molecular weight excluding hydrogens is 334 g/mol. The van der Waals surface area contributed by atoms with Gasteiger partial charge >= 0.3 is 5.97 Å². The van der Waals surface area contributed by atoms with Crippen molar-refractivity contribution in [2.45, 2.75) is 65.0 Å². The Morgan fingerprint density at radius 3 is 2.38 bits per heavy atom. The highest BCUT2D eigenvalue weighted by Crippen LogP contribution is 2.29. The number of amides is 1. The molecule has 1 saturated carbocycles. The minimum Gasteiger partial charge on any atom is -0.490 e. The second-order valence-corrected chi connectivity index (χ2v) is 6.42. The van der Waals surface area contributed by atoms with Crippen LogP contribution in [0.25, 0.3) is 0 Å². The first kappa shape index (κ1) is 20.1. The summed E-state index contributed by atoms with van der Waals surface area (Å²) in [4.78, 5) is 24.6. The lowest BCUT2D eigenvalue weighted by Gasteiger charge is -2.24. The van der Waals surface area contributed by atoms with Gasteiger partial charge in [0.1, 0.15) is 0 Å². The first-order valence-electron chi connectivity index (χ1n) is 9.46. The molecule has 144 valence electrons. The van der Waals surface area contributed by atoms with Gasteiger partial charge in [0.05, 0.1) is 18.8 Å². The van der Waals surface area contributed by atoms with E-state index in [1.165, 1.54) is 6.42 Å². The van der Waals surface area contributed by atoms with Crippen LogP contribution in [0, 0.1) is 0 Å². The Hall–Kier alpha value is -2.24. The molecule has 1 amide bonds. The molecule has 1 aliphatic carbocycles. The summed E-state index contributed by atoms with van der Waals surface area (Å²) in [6.45, 7) is 6.29. The Balaban J connectivity index is 1.96. The molecule has 1 aliphatic rings. The van der Waals surface area contributed by atoms with Crippen LogP contribution in [0.3, 0.4) is 0 Å². The fourth-order valence-electron chi connectivity index (χ4n) is 3.03. The summed E-state index contributed by atoms with van der Waals surface area (Å²) in [6.07, 6.45) is 4.62. The predicted molar refractivity (Wildman–Crippen MR) is 98.7 cm³/mol. The lowest BCUT2D eigenvalue weighted by atomic mass is 9.95. The lowest BCUT2D eigenvalue weighted by Crippen LogP contribution is -2.42. The minimum absolute atomic E-state index is 0.187. The number of benzene rings is 1. The second kappa shape index (κ2) is 10.0. The van der Waals surface area contributed by atoms with Crippen LogP contribution in [0.4, 0.5) is 0 Å². The van der Waals surface area contributed by atoms with E-state index in [4.69, 9.17) is 14.2 Å². The third-order valence-electron chi connectivity index (χ3n) is 4.38. The zero-order valence-corrected chi connectivity index (χ0v) is 15.9. The molecule has 1 atom stereocenters. The number of hydrogen-bond acceptors (Lipinski definition) is 5. The number of esters is 1. The van der Waals surface area contributed by atoms with E-state index in [1.54, 1.807) is 25.1 Å². The van der Waals surface area contributed by atoms with Gasteiger partial charge in [-0.2, -0.15) is 0 Å². The van der Waals surface area contributed by atoms with Gasteiger partial charge in [-0.25, -0.2) is 4.79 Å². The predicted octanol–water partition coefficient (Wildman–Crippen LogP) is 3.48. The van der Waals surface area contributed by atoms with Crippen LogP contribution >= 0.6 is 0 Å². The van der Waals surface area contributed by atoms with Crippen LogP contribution in [0.2, 0.25) is 0 Å². The molecule has 0 heterocycles. The number of carbonyl (C=O) groups is 2. The molecule has 2 rings (SSSR count). The van der Waals surface area contributed by atoms with E-state index in [0.717, 1.165) is 25.7 Å². The van der Waals surface area contributed by atoms with Crippen LogP contribution in [0.15, 0.2) is 18.2 Å². The highest BCUT2D eigenvalue weighted by Gasteiger charge is 2.23. The van der Waals surface area contributed by atoms with Crippen molar-refractivity contribution in [2.24, 2.45) is 0 Å². The van der Waals surface area contributed by atoms with E-state index in [-0.39, 0.29) is 11.9 Å². The smallest absolute Gasteiger partial charge is 0.339 e. The molecular formula is C20H29NO5. The molecule has 6 nitrogen and oxygen atoms in total. The minimum atomic E-state index is -0.841. The largest absolute Gasteiger partial charge is 0.490 e. The Labute approximate surface area is 155 Å². The molecule has 0 radical (unpaired) electrons. The monoisotopic (exact) mass is 363 g/mol. The van der Waals surface area contributed by atoms with Crippen LogP contribution in [0.5, 0.6) is 11.5 Å². The summed E-state index contributed by atoms with van der Waals surface area (Å²) in [6, 6.07) is 5.06. The van der Waals surface area contributed by atoms with Gasteiger partial charge in [-0.15, -0.1) is 0 Å². The van der Waals surface area contributed by atoms with Crippen molar-refractivity contribution < 1.29 is 23.8 Å². The van der Waals surface area contributed by atoms with E-state index in [1.807, 2.05) is 13.8 Å². The number of nitrogens with one attached hydrogen (secondary N) is 1. The van der Waals surface area contributed by atoms with Gasteiger partial charge in [0.2, 0.25) is 0 Å². The van der Waals surface area contributed by atoms with Crippen LogP contribution in [-0.4, -0.2) is 37.2 Å². The number of ether oxygens (including phenoxy) is 3. The Kier molecular flexibility index (Phi) is 7.75. The van der Waals surface area contributed by atoms with Gasteiger partial charge in [-0.05, 0) is 51.8 Å². The molecule has 1 fully saturated rings. The van der Waals surface area contributed by atoms with E-state index < -0.39 is 12.1 Å². The first-order valence-corrected chi connectivity index (χ1v) is 9.46. The highest BCUT2D eigenvalue weighted by molar-refractivity contribution is 5.92. The SMILES string of the molecule is CCOc1ccc(C(=O)OC(C)C(=O)NC2CCCCC2)cc1OCC. The maximum atomic E-state index is 12.4. The normalized spacial score (nSPS) is 15.8. The summed E-state index contributed by atoms with van der Waals surface area (Å²) >= 11 is 0. The van der Waals surface area contributed by atoms with E-state index in [2.05, 4.69) is 5.32 Å². The van der Waals surface area contributed by atoms with Crippen molar-refractivity contribution in [3.05, 3.63) is 23.8 Å². The second-order valence-electron chi connectivity index (χ2n) is 6.42. The summed E-state index contributed by atoms with van der Waals surface area (Å²) in [7, 11) is 0. The average Bonchev–Trinajstić information content (AvgIpc) is 2.64. The average molecular weight is 363 g/mol. The topological polar surface area (TPSA) is 73.9 Å². The molecule has 0 bridgehead atoms. The molecule has 1 aromatic carbocycles. The molecule has 0 saturated heterocycles. The van der Waals surface area contributed by atoms with Gasteiger partial charge in [-0.3, -0.25) is 4.79 Å². The van der Waals surface area contributed by atoms with Crippen molar-refractivity contribution in [1.82, 2.24) is 5.32 Å². The van der Waals surface area contributed by atoms with Crippen LogP contribution < -0.4 is 14.8 Å². The van der Waals surface area contributed by atoms with Crippen molar-refractivity contribution >= 4 is 11.9 Å². The van der Waals surface area contributed by atoms with E-state index in [9.17, 15) is 9.59 Å². The molecule has 0 aromatic heterocycles. The quantitative estimate of drug-likeness (QED) is 0.716. The molecule has 1 N–H and O–H groups in total. The maximum Gasteiger partial charge on any atom is 0.339 e. The third kappa shape index (κ3) is 5.64. The highest BCUT2D eigenvalue weighted by atomic mass is 16.5. The Morgan fingerprint density at radius 2 is 1.73 bits per heavy atom. The maximum absolute atomic E-state index is 12.4. The van der Waals surface area contributed by atoms with Crippen molar-refractivity contribution in [3.8, 4) is 11.5 Å². The van der Waals surface area contributed by atoms with Crippen molar-refractivity contribution in [2.75, 3.05) is 13.2 Å². The molecule has 0 spiro atoms. The first-order chi connectivity index (χ1) is 12.5. The van der Waals surface area contributed by atoms with Gasteiger partial charge in [0, 0.05) is 6.04 Å². The van der Waals surface area contributed by atoms with Crippen molar-refractivity contribution in [1.29, 1.82) is 0 Å². The van der Waals surface area contributed by atoms with Gasteiger partial charge < -0.3 is 19.5 Å². The fourth-order valence-corrected chi connectivity index (χ4v) is 3.03. The zero-order valence-electron chi connectivity index (χ0n) is 15.9. The third-order valence-corrected chi connectivity index (χ3v) is 4.38. The zero-order chi connectivity index (χ0) is 18.9. The summed E-state index contributed by atoms with van der Waals surface area (Å²) < 4.78 is 16.3. The van der Waals surface area contributed by atoms with Gasteiger partial charge in [-0.1, -0.05) is 19.3 Å². The molecule has 26 heavy (non-hydrogen) atoms. The summed E-state index contributed by atoms with van der Waals surface area (Å²) in [5, 5.41) is 2.97. The number of rotatable bonds is 8. The molecule has 6 heteroatoms. The van der Waals surface area contributed by atoms with Gasteiger partial charge in [0.25, 0.3) is 5.91 Å². The lowest BCUT2D eigenvalue weighted by molar-refractivity contribution is -0.130. The van der Waals surface area contributed by atoms with Crippen molar-refractivity contribution in [3.63, 3.8) is 0 Å². The standard InChI is InChI=1S/C20H29NO5/c1-4-24-17-12-11-15(13-18(17)25-5-2)20(23)26-14(3)19(22)21-16-9-7-6-8-10-16/h11-14,16H,4-10H2,1-3H3,(H,21,22). The fraction of sp³-hybridized carbons (Fsp3) is 0.600. The van der Waals surface area contributed by atoms with E-state index in [0.29, 0.717) is 30.3 Å². The van der Waals surface area contributed by atoms with Crippen LogP contribution in [0.1, 0.15) is 63.2 Å². The summed E-state index contributed by atoms with van der Waals surface area (Å²) in [5.41, 5.74) is 0.328. The number of hydrogen-bond donors (Lipinski definition) is 1.